The fraction of sp³-hybridized carbons (Fsp3) is 0.714. The summed E-state index contributed by atoms with van der Waals surface area (Å²) in [4.78, 5) is 12.0. The zero-order valence-electron chi connectivity index (χ0n) is 12.1. The Hall–Kier alpha value is -1.52. The molecule has 0 radical (unpaired) electrons. The van der Waals surface area contributed by atoms with E-state index in [0.717, 1.165) is 24.1 Å². The van der Waals surface area contributed by atoms with Crippen LogP contribution in [0.2, 0.25) is 0 Å². The smallest absolute Gasteiger partial charge is 0.315 e. The molecule has 5 heteroatoms. The van der Waals surface area contributed by atoms with Crippen LogP contribution in [0.1, 0.15) is 56.3 Å². The molecular weight excluding hydrogens is 240 g/mol. The molecule has 1 atom stereocenters. The molecule has 5 nitrogen and oxygen atoms in total. The maximum absolute atomic E-state index is 12.0. The second-order valence-corrected chi connectivity index (χ2v) is 5.52. The number of amides is 2. The van der Waals surface area contributed by atoms with Gasteiger partial charge in [-0.3, -0.25) is 4.68 Å². The van der Waals surface area contributed by atoms with E-state index in [1.54, 1.807) is 4.68 Å². The minimum Gasteiger partial charge on any atom is -0.335 e. The highest BCUT2D eigenvalue weighted by molar-refractivity contribution is 5.74. The predicted molar refractivity (Wildman–Crippen MR) is 74.9 cm³/mol. The summed E-state index contributed by atoms with van der Waals surface area (Å²) in [6, 6.07) is 0.260. The molecule has 19 heavy (non-hydrogen) atoms. The van der Waals surface area contributed by atoms with Crippen molar-refractivity contribution in [2.45, 2.75) is 58.0 Å². The van der Waals surface area contributed by atoms with E-state index in [1.165, 1.54) is 19.3 Å². The second kappa shape index (κ2) is 6.08. The molecule has 2 N–H and O–H groups in total. The zero-order chi connectivity index (χ0) is 13.8. The molecule has 0 aliphatic heterocycles. The van der Waals surface area contributed by atoms with Gasteiger partial charge in [0, 0.05) is 24.8 Å². The van der Waals surface area contributed by atoms with Crippen LogP contribution in [0.3, 0.4) is 0 Å². The predicted octanol–water partition coefficient (Wildman–Crippen LogP) is 2.42. The number of hydrogen-bond donors (Lipinski definition) is 2. The van der Waals surface area contributed by atoms with Crippen LogP contribution in [-0.4, -0.2) is 21.9 Å². The van der Waals surface area contributed by atoms with Crippen LogP contribution in [0.5, 0.6) is 0 Å². The normalized spacial score (nSPS) is 18.1. The van der Waals surface area contributed by atoms with E-state index in [0.29, 0.717) is 6.04 Å². The minimum absolute atomic E-state index is 0.0164. The summed E-state index contributed by atoms with van der Waals surface area (Å²) in [6.07, 6.45) is 7.91. The largest absolute Gasteiger partial charge is 0.335 e. The number of carbonyl (C=O) groups is 1. The number of aryl methyl sites for hydroxylation is 2. The van der Waals surface area contributed by atoms with Crippen molar-refractivity contribution in [3.8, 4) is 0 Å². The number of carbonyl (C=O) groups excluding carboxylic acids is 1. The molecule has 2 amide bonds. The van der Waals surface area contributed by atoms with E-state index < -0.39 is 0 Å². The van der Waals surface area contributed by atoms with Gasteiger partial charge in [-0.25, -0.2) is 4.79 Å². The Morgan fingerprint density at radius 3 is 2.68 bits per heavy atom. The van der Waals surface area contributed by atoms with Crippen molar-refractivity contribution in [3.63, 3.8) is 0 Å². The molecule has 106 valence electrons. The Morgan fingerprint density at radius 1 is 1.42 bits per heavy atom. The fourth-order valence-corrected chi connectivity index (χ4v) is 2.79. The monoisotopic (exact) mass is 264 g/mol. The number of hydrogen-bond acceptors (Lipinski definition) is 2. The SMILES string of the molecule is Cc1nn(C)cc1C(C)NC(=O)NC1CCCCC1. The van der Waals surface area contributed by atoms with E-state index in [2.05, 4.69) is 15.7 Å². The molecule has 1 aliphatic rings. The molecular formula is C14H24N4O. The quantitative estimate of drug-likeness (QED) is 0.881. The molecule has 0 bridgehead atoms. The van der Waals surface area contributed by atoms with Crippen LogP contribution < -0.4 is 10.6 Å². The van der Waals surface area contributed by atoms with Crippen molar-refractivity contribution in [1.29, 1.82) is 0 Å². The summed E-state index contributed by atoms with van der Waals surface area (Å²) < 4.78 is 1.78. The van der Waals surface area contributed by atoms with Crippen LogP contribution in [-0.2, 0) is 7.05 Å². The second-order valence-electron chi connectivity index (χ2n) is 5.52. The molecule has 0 saturated heterocycles. The summed E-state index contributed by atoms with van der Waals surface area (Å²) in [6.45, 7) is 3.96. The summed E-state index contributed by atoms with van der Waals surface area (Å²) in [5.74, 6) is 0. The first-order valence-electron chi connectivity index (χ1n) is 7.13. The highest BCUT2D eigenvalue weighted by Gasteiger charge is 2.18. The van der Waals surface area contributed by atoms with Crippen LogP contribution >= 0.6 is 0 Å². The van der Waals surface area contributed by atoms with Crippen molar-refractivity contribution in [3.05, 3.63) is 17.5 Å². The Balaban J connectivity index is 1.86. The molecule has 1 unspecified atom stereocenters. The highest BCUT2D eigenvalue weighted by Crippen LogP contribution is 2.18. The van der Waals surface area contributed by atoms with E-state index in [1.807, 2.05) is 27.1 Å². The third-order valence-corrected chi connectivity index (χ3v) is 3.81. The van der Waals surface area contributed by atoms with E-state index in [9.17, 15) is 4.79 Å². The van der Waals surface area contributed by atoms with Gasteiger partial charge in [-0.05, 0) is 26.7 Å². The van der Waals surface area contributed by atoms with Gasteiger partial charge >= 0.3 is 6.03 Å². The number of aromatic nitrogens is 2. The molecule has 1 saturated carbocycles. The Morgan fingerprint density at radius 2 is 2.11 bits per heavy atom. The highest BCUT2D eigenvalue weighted by atomic mass is 16.2. The van der Waals surface area contributed by atoms with Crippen molar-refractivity contribution >= 4 is 6.03 Å². The lowest BCUT2D eigenvalue weighted by atomic mass is 9.96. The average molecular weight is 264 g/mol. The van der Waals surface area contributed by atoms with Gasteiger partial charge in [0.1, 0.15) is 0 Å². The van der Waals surface area contributed by atoms with Crippen molar-refractivity contribution in [1.82, 2.24) is 20.4 Å². The Labute approximate surface area is 114 Å². The molecule has 1 aliphatic carbocycles. The Bertz CT molecular complexity index is 435. The van der Waals surface area contributed by atoms with Gasteiger partial charge in [0.25, 0.3) is 0 Å². The zero-order valence-corrected chi connectivity index (χ0v) is 12.1. The van der Waals surface area contributed by atoms with Gasteiger partial charge < -0.3 is 10.6 Å². The van der Waals surface area contributed by atoms with Gasteiger partial charge in [0.05, 0.1) is 11.7 Å². The van der Waals surface area contributed by atoms with Gasteiger partial charge in [-0.15, -0.1) is 0 Å². The van der Waals surface area contributed by atoms with Gasteiger partial charge in [-0.1, -0.05) is 19.3 Å². The van der Waals surface area contributed by atoms with Crippen LogP contribution in [0, 0.1) is 6.92 Å². The topological polar surface area (TPSA) is 59.0 Å². The fourth-order valence-electron chi connectivity index (χ4n) is 2.79. The number of nitrogens with one attached hydrogen (secondary N) is 2. The first kappa shape index (κ1) is 13.9. The lowest BCUT2D eigenvalue weighted by Gasteiger charge is -2.24. The van der Waals surface area contributed by atoms with Crippen LogP contribution in [0.15, 0.2) is 6.20 Å². The first-order valence-corrected chi connectivity index (χ1v) is 7.13. The Kier molecular flexibility index (Phi) is 4.45. The molecule has 0 aromatic carbocycles. The maximum Gasteiger partial charge on any atom is 0.315 e. The van der Waals surface area contributed by atoms with Crippen LogP contribution in [0.4, 0.5) is 4.79 Å². The lowest BCUT2D eigenvalue weighted by molar-refractivity contribution is 0.229. The standard InChI is InChI=1S/C14H24N4O/c1-10(13-9-18(3)17-11(13)2)15-14(19)16-12-7-5-4-6-8-12/h9-10,12H,4-8H2,1-3H3,(H2,15,16,19). The van der Waals surface area contributed by atoms with E-state index in [-0.39, 0.29) is 12.1 Å². The van der Waals surface area contributed by atoms with Gasteiger partial charge in [0.15, 0.2) is 0 Å². The third-order valence-electron chi connectivity index (χ3n) is 3.81. The molecule has 2 rings (SSSR count). The third kappa shape index (κ3) is 3.72. The lowest BCUT2D eigenvalue weighted by Crippen LogP contribution is -2.43. The van der Waals surface area contributed by atoms with Crippen molar-refractivity contribution in [2.75, 3.05) is 0 Å². The first-order chi connectivity index (χ1) is 9.06. The van der Waals surface area contributed by atoms with Crippen molar-refractivity contribution < 1.29 is 4.79 Å². The minimum atomic E-state index is -0.0670. The van der Waals surface area contributed by atoms with Gasteiger partial charge in [-0.2, -0.15) is 5.10 Å². The van der Waals surface area contributed by atoms with Crippen LogP contribution in [0.25, 0.3) is 0 Å². The van der Waals surface area contributed by atoms with Gasteiger partial charge in [0.2, 0.25) is 0 Å². The molecule has 1 heterocycles. The average Bonchev–Trinajstić information content (AvgIpc) is 2.69. The summed E-state index contributed by atoms with van der Waals surface area (Å²) in [5.41, 5.74) is 2.04. The van der Waals surface area contributed by atoms with E-state index in [4.69, 9.17) is 0 Å². The number of urea groups is 1. The molecule has 1 aromatic rings. The molecule has 0 spiro atoms. The number of nitrogens with zero attached hydrogens (tertiary/aromatic N) is 2. The maximum atomic E-state index is 12.0. The van der Waals surface area contributed by atoms with E-state index >= 15 is 0 Å². The number of rotatable bonds is 3. The molecule has 1 aromatic heterocycles. The molecule has 1 fully saturated rings. The van der Waals surface area contributed by atoms with Crippen molar-refractivity contribution in [2.24, 2.45) is 7.05 Å². The summed E-state index contributed by atoms with van der Waals surface area (Å²) in [7, 11) is 1.89. The summed E-state index contributed by atoms with van der Waals surface area (Å²) in [5, 5.41) is 10.4. The summed E-state index contributed by atoms with van der Waals surface area (Å²) >= 11 is 0.